The van der Waals surface area contributed by atoms with Gasteiger partial charge in [-0.05, 0) is 15.9 Å². The number of halogens is 1. The molecule has 0 aliphatic carbocycles. The van der Waals surface area contributed by atoms with E-state index in [0.29, 0.717) is 27.5 Å². The molecule has 0 bridgehead atoms. The van der Waals surface area contributed by atoms with Crippen molar-refractivity contribution in [3.05, 3.63) is 10.2 Å². The topological polar surface area (TPSA) is 66.6 Å². The molecule has 0 unspecified atom stereocenters. The van der Waals surface area contributed by atoms with Gasteiger partial charge in [-0.1, -0.05) is 0 Å². The maximum atomic E-state index is 5.54. The van der Waals surface area contributed by atoms with Crippen molar-refractivity contribution in [2.45, 2.75) is 6.54 Å². The van der Waals surface area contributed by atoms with Crippen LogP contribution in [0.3, 0.4) is 0 Å². The molecule has 0 amide bonds. The molecule has 0 spiro atoms. The Hall–Kier alpha value is -1.01. The Morgan fingerprint density at radius 2 is 1.73 bits per heavy atom. The highest BCUT2D eigenvalue weighted by Crippen LogP contribution is 2.42. The molecule has 0 aliphatic rings. The van der Waals surface area contributed by atoms with E-state index in [4.69, 9.17) is 19.9 Å². The summed E-state index contributed by atoms with van der Waals surface area (Å²) in [6, 6.07) is 0. The van der Waals surface area contributed by atoms with Gasteiger partial charge in [0.25, 0.3) is 5.88 Å². The molecule has 0 aliphatic heterocycles. The number of nitrogens with zero attached hydrogens (tertiary/aromatic N) is 1. The van der Waals surface area contributed by atoms with Gasteiger partial charge < -0.3 is 19.9 Å². The molecule has 1 rings (SSSR count). The predicted molar refractivity (Wildman–Crippen MR) is 59.5 cm³/mol. The Bertz CT molecular complexity index is 358. The zero-order chi connectivity index (χ0) is 11.4. The van der Waals surface area contributed by atoms with E-state index in [-0.39, 0.29) is 6.54 Å². The van der Waals surface area contributed by atoms with Gasteiger partial charge in [0, 0.05) is 6.54 Å². The lowest BCUT2D eigenvalue weighted by molar-refractivity contribution is 0.313. The highest BCUT2D eigenvalue weighted by atomic mass is 79.9. The smallest absolute Gasteiger partial charge is 0.261 e. The van der Waals surface area contributed by atoms with E-state index in [1.807, 2.05) is 0 Å². The summed E-state index contributed by atoms with van der Waals surface area (Å²) in [7, 11) is 4.58. The fourth-order valence-electron chi connectivity index (χ4n) is 1.19. The molecular weight excluding hydrogens is 264 g/mol. The monoisotopic (exact) mass is 276 g/mol. The van der Waals surface area contributed by atoms with Crippen LogP contribution in [0.25, 0.3) is 0 Å². The number of hydrogen-bond donors (Lipinski definition) is 1. The van der Waals surface area contributed by atoms with Crippen LogP contribution < -0.4 is 19.9 Å². The molecule has 0 atom stereocenters. The van der Waals surface area contributed by atoms with Gasteiger partial charge in [-0.15, -0.1) is 0 Å². The average Bonchev–Trinajstić information content (AvgIpc) is 2.28. The second-order valence-electron chi connectivity index (χ2n) is 2.65. The summed E-state index contributed by atoms with van der Waals surface area (Å²) in [6.07, 6.45) is 0. The molecule has 1 heterocycles. The van der Waals surface area contributed by atoms with Gasteiger partial charge in [-0.2, -0.15) is 0 Å². The number of pyridine rings is 1. The molecule has 0 fully saturated rings. The predicted octanol–water partition coefficient (Wildman–Crippen LogP) is 1.33. The summed E-state index contributed by atoms with van der Waals surface area (Å²) in [4.78, 5) is 4.19. The minimum atomic E-state index is 0.289. The van der Waals surface area contributed by atoms with Crippen molar-refractivity contribution < 1.29 is 14.2 Å². The molecule has 1 aromatic rings. The van der Waals surface area contributed by atoms with Crippen molar-refractivity contribution >= 4 is 15.9 Å². The van der Waals surface area contributed by atoms with Gasteiger partial charge in [0.1, 0.15) is 0 Å². The van der Waals surface area contributed by atoms with Crippen LogP contribution >= 0.6 is 15.9 Å². The third-order valence-corrected chi connectivity index (χ3v) is 2.70. The van der Waals surface area contributed by atoms with Gasteiger partial charge in [0.2, 0.25) is 5.75 Å². The zero-order valence-corrected chi connectivity index (χ0v) is 10.4. The van der Waals surface area contributed by atoms with Crippen LogP contribution in [-0.4, -0.2) is 26.3 Å². The fourth-order valence-corrected chi connectivity index (χ4v) is 1.78. The van der Waals surface area contributed by atoms with E-state index in [2.05, 4.69) is 20.9 Å². The Morgan fingerprint density at radius 3 is 2.13 bits per heavy atom. The van der Waals surface area contributed by atoms with E-state index >= 15 is 0 Å². The van der Waals surface area contributed by atoms with Gasteiger partial charge in [0.05, 0.1) is 31.5 Å². The fraction of sp³-hybridized carbons (Fsp3) is 0.444. The van der Waals surface area contributed by atoms with E-state index in [9.17, 15) is 0 Å². The largest absolute Gasteiger partial charge is 0.492 e. The van der Waals surface area contributed by atoms with Gasteiger partial charge >= 0.3 is 0 Å². The molecule has 6 heteroatoms. The zero-order valence-electron chi connectivity index (χ0n) is 8.83. The second kappa shape index (κ2) is 5.18. The molecule has 1 aromatic heterocycles. The quantitative estimate of drug-likeness (QED) is 0.899. The first-order valence-electron chi connectivity index (χ1n) is 4.24. The minimum Gasteiger partial charge on any atom is -0.492 e. The maximum Gasteiger partial charge on any atom is 0.261 e. The first-order valence-corrected chi connectivity index (χ1v) is 5.03. The second-order valence-corrected chi connectivity index (χ2v) is 3.45. The minimum absolute atomic E-state index is 0.289. The van der Waals surface area contributed by atoms with Crippen molar-refractivity contribution in [2.75, 3.05) is 21.3 Å². The summed E-state index contributed by atoms with van der Waals surface area (Å²) in [5.74, 6) is 1.34. The van der Waals surface area contributed by atoms with Crippen molar-refractivity contribution in [3.8, 4) is 17.4 Å². The standard InChI is InChI=1S/C9H13BrN2O3/c1-13-7-6(10)5(4-11)12-9(15-3)8(7)14-2/h4,11H2,1-3H3. The highest BCUT2D eigenvalue weighted by Gasteiger charge is 2.19. The van der Waals surface area contributed by atoms with Crippen molar-refractivity contribution in [3.63, 3.8) is 0 Å². The number of rotatable bonds is 4. The molecule has 0 saturated heterocycles. The van der Waals surface area contributed by atoms with Crippen LogP contribution in [0.1, 0.15) is 5.69 Å². The molecule has 0 saturated carbocycles. The lowest BCUT2D eigenvalue weighted by Crippen LogP contribution is -2.06. The summed E-state index contributed by atoms with van der Waals surface area (Å²) < 4.78 is 16.1. The third-order valence-electron chi connectivity index (χ3n) is 1.88. The highest BCUT2D eigenvalue weighted by molar-refractivity contribution is 9.10. The number of aromatic nitrogens is 1. The van der Waals surface area contributed by atoms with Crippen LogP contribution in [0.4, 0.5) is 0 Å². The molecule has 0 radical (unpaired) electrons. The van der Waals surface area contributed by atoms with Crippen molar-refractivity contribution in [1.29, 1.82) is 0 Å². The van der Waals surface area contributed by atoms with Crippen LogP contribution in [0.2, 0.25) is 0 Å². The molecule has 5 nitrogen and oxygen atoms in total. The van der Waals surface area contributed by atoms with Crippen LogP contribution in [0.5, 0.6) is 17.4 Å². The number of hydrogen-bond acceptors (Lipinski definition) is 5. The summed E-state index contributed by atoms with van der Waals surface area (Å²) in [5, 5.41) is 0. The normalized spacial score (nSPS) is 9.93. The Kier molecular flexibility index (Phi) is 4.16. The lowest BCUT2D eigenvalue weighted by atomic mass is 10.3. The lowest BCUT2D eigenvalue weighted by Gasteiger charge is -2.14. The van der Waals surface area contributed by atoms with E-state index in [1.165, 1.54) is 14.2 Å². The maximum absolute atomic E-state index is 5.54. The van der Waals surface area contributed by atoms with Crippen LogP contribution in [0.15, 0.2) is 4.47 Å². The van der Waals surface area contributed by atoms with Crippen molar-refractivity contribution in [1.82, 2.24) is 4.98 Å². The van der Waals surface area contributed by atoms with Gasteiger partial charge in [0.15, 0.2) is 5.75 Å². The van der Waals surface area contributed by atoms with Crippen LogP contribution in [-0.2, 0) is 6.54 Å². The molecule has 84 valence electrons. The van der Waals surface area contributed by atoms with Crippen molar-refractivity contribution in [2.24, 2.45) is 5.73 Å². The molecular formula is C9H13BrN2O3. The SMILES string of the molecule is COc1nc(CN)c(Br)c(OC)c1OC. The summed E-state index contributed by atoms with van der Waals surface area (Å²) in [6.45, 7) is 0.289. The Balaban J connectivity index is 3.43. The van der Waals surface area contributed by atoms with E-state index in [0.717, 1.165) is 0 Å². The van der Waals surface area contributed by atoms with E-state index < -0.39 is 0 Å². The van der Waals surface area contributed by atoms with E-state index in [1.54, 1.807) is 7.11 Å². The third kappa shape index (κ3) is 2.15. The number of ether oxygens (including phenoxy) is 3. The Morgan fingerprint density at radius 1 is 1.13 bits per heavy atom. The molecule has 2 N–H and O–H groups in total. The summed E-state index contributed by atoms with van der Waals surface area (Å²) in [5.41, 5.74) is 6.20. The Labute approximate surface area is 96.7 Å². The number of methoxy groups -OCH3 is 3. The average molecular weight is 277 g/mol. The first kappa shape index (κ1) is 12.1. The molecule has 0 aromatic carbocycles. The summed E-state index contributed by atoms with van der Waals surface area (Å²) >= 11 is 3.35. The van der Waals surface area contributed by atoms with Gasteiger partial charge in [-0.25, -0.2) is 4.98 Å². The van der Waals surface area contributed by atoms with Crippen LogP contribution in [0, 0.1) is 0 Å². The number of nitrogens with two attached hydrogens (primary N) is 1. The molecule has 15 heavy (non-hydrogen) atoms. The van der Waals surface area contributed by atoms with Gasteiger partial charge in [-0.3, -0.25) is 0 Å². The first-order chi connectivity index (χ1) is 7.19.